The minimum absolute atomic E-state index is 0.340. The van der Waals surface area contributed by atoms with Crippen molar-refractivity contribution in [3.05, 3.63) is 0 Å². The molecule has 1 unspecified atom stereocenters. The van der Waals surface area contributed by atoms with Crippen LogP contribution < -0.4 is 0 Å². The molecule has 18 heavy (non-hydrogen) atoms. The van der Waals surface area contributed by atoms with Crippen molar-refractivity contribution in [1.82, 2.24) is 4.90 Å². The summed E-state index contributed by atoms with van der Waals surface area (Å²) < 4.78 is 1.18. The first-order valence-electron chi connectivity index (χ1n) is 7.74. The van der Waals surface area contributed by atoms with Crippen LogP contribution in [0.4, 0.5) is 0 Å². The summed E-state index contributed by atoms with van der Waals surface area (Å²) in [4.78, 5) is 2.66. The minimum atomic E-state index is 0.340. The van der Waals surface area contributed by atoms with Gasteiger partial charge in [0, 0.05) is 18.9 Å². The maximum Gasteiger partial charge on any atom is 0.103 e. The lowest BCUT2D eigenvalue weighted by Gasteiger charge is -2.60. The third kappa shape index (κ3) is 2.21. The summed E-state index contributed by atoms with van der Waals surface area (Å²) in [5.74, 6) is 0. The zero-order valence-electron chi connectivity index (χ0n) is 12.6. The average molecular weight is 255 g/mol. The summed E-state index contributed by atoms with van der Waals surface area (Å²) in [6.45, 7) is 13.1. The Kier molecular flexibility index (Phi) is 4.35. The van der Waals surface area contributed by atoms with Gasteiger partial charge in [-0.3, -0.25) is 4.90 Å². The number of rotatable bonds is 4. The Morgan fingerprint density at radius 3 is 2.06 bits per heavy atom. The molecule has 0 saturated carbocycles. The highest BCUT2D eigenvalue weighted by Gasteiger charge is 2.52. The lowest BCUT2D eigenvalue weighted by Crippen LogP contribution is -2.75. The van der Waals surface area contributed by atoms with Crippen LogP contribution in [0.25, 0.3) is 0 Å². The summed E-state index contributed by atoms with van der Waals surface area (Å²) in [6.07, 6.45) is 4.08. The quantitative estimate of drug-likeness (QED) is 0.775. The van der Waals surface area contributed by atoms with E-state index in [1.807, 2.05) is 0 Å². The first-order valence-corrected chi connectivity index (χ1v) is 7.74. The second-order valence-corrected chi connectivity index (χ2v) is 6.82. The Morgan fingerprint density at radius 1 is 1.11 bits per heavy atom. The molecular formula is C15H31N2O+. The van der Waals surface area contributed by atoms with Gasteiger partial charge in [0.1, 0.15) is 18.6 Å². The highest BCUT2D eigenvalue weighted by atomic mass is 16.3. The summed E-state index contributed by atoms with van der Waals surface area (Å²) >= 11 is 0. The molecule has 0 aliphatic carbocycles. The number of likely N-dealkylation sites (tertiary alicyclic amines) is 1. The smallest absolute Gasteiger partial charge is 0.103 e. The first kappa shape index (κ1) is 14.3. The van der Waals surface area contributed by atoms with Crippen LogP contribution in [0, 0.1) is 0 Å². The molecule has 2 bridgehead atoms. The van der Waals surface area contributed by atoms with Gasteiger partial charge in [-0.25, -0.2) is 0 Å². The molecule has 0 radical (unpaired) electrons. The largest absolute Gasteiger partial charge is 0.391 e. The normalized spacial score (nSPS) is 37.5. The zero-order chi connectivity index (χ0) is 13.3. The molecule has 0 aromatic carbocycles. The number of piperidine rings is 1. The summed E-state index contributed by atoms with van der Waals surface area (Å²) in [6, 6.07) is 2.79. The van der Waals surface area contributed by atoms with Crippen LogP contribution in [-0.4, -0.2) is 64.9 Å². The van der Waals surface area contributed by atoms with Gasteiger partial charge in [0.15, 0.2) is 0 Å². The highest BCUT2D eigenvalue weighted by Crippen LogP contribution is 2.38. The zero-order valence-corrected chi connectivity index (χ0v) is 12.6. The van der Waals surface area contributed by atoms with Gasteiger partial charge in [-0.15, -0.1) is 0 Å². The van der Waals surface area contributed by atoms with Gasteiger partial charge in [-0.1, -0.05) is 0 Å². The Morgan fingerprint density at radius 2 is 1.67 bits per heavy atom. The van der Waals surface area contributed by atoms with Gasteiger partial charge in [0.25, 0.3) is 0 Å². The molecule has 3 atom stereocenters. The second-order valence-electron chi connectivity index (χ2n) is 6.82. The predicted molar refractivity (Wildman–Crippen MR) is 75.5 cm³/mol. The van der Waals surface area contributed by atoms with Crippen molar-refractivity contribution >= 4 is 0 Å². The lowest BCUT2D eigenvalue weighted by molar-refractivity contribution is -1.00. The van der Waals surface area contributed by atoms with Gasteiger partial charge in [-0.2, -0.15) is 0 Å². The van der Waals surface area contributed by atoms with Crippen molar-refractivity contribution in [3.63, 3.8) is 0 Å². The van der Waals surface area contributed by atoms with Crippen molar-refractivity contribution in [3.8, 4) is 0 Å². The maximum atomic E-state index is 9.53. The van der Waals surface area contributed by atoms with Gasteiger partial charge in [0.05, 0.1) is 25.7 Å². The van der Waals surface area contributed by atoms with Crippen LogP contribution in [0.1, 0.15) is 47.0 Å². The molecule has 0 aromatic heterocycles. The molecule has 3 heteroatoms. The first-order chi connectivity index (χ1) is 8.52. The fourth-order valence-corrected chi connectivity index (χ4v) is 4.53. The molecule has 2 aliphatic rings. The van der Waals surface area contributed by atoms with Gasteiger partial charge >= 0.3 is 0 Å². The van der Waals surface area contributed by atoms with Gasteiger partial charge in [0.2, 0.25) is 0 Å². The van der Waals surface area contributed by atoms with E-state index in [0.717, 1.165) is 18.6 Å². The summed E-state index contributed by atoms with van der Waals surface area (Å²) in [7, 11) is 0. The molecular weight excluding hydrogens is 224 g/mol. The Hall–Kier alpha value is -0.120. The molecule has 1 N–H and O–H groups in total. The Bertz CT molecular complexity index is 264. The summed E-state index contributed by atoms with van der Waals surface area (Å²) in [5.41, 5.74) is 0. The maximum absolute atomic E-state index is 9.53. The van der Waals surface area contributed by atoms with Crippen LogP contribution in [-0.2, 0) is 0 Å². The SMILES string of the molecule is CC(C)N1C[C@H]2CCC[C@@H](C1)[N+]2(CCO)C(C)C. The van der Waals surface area contributed by atoms with Crippen molar-refractivity contribution < 1.29 is 9.59 Å². The van der Waals surface area contributed by atoms with E-state index in [0.29, 0.717) is 18.7 Å². The third-order valence-electron chi connectivity index (χ3n) is 5.50. The fourth-order valence-electron chi connectivity index (χ4n) is 4.53. The molecule has 0 amide bonds. The van der Waals surface area contributed by atoms with E-state index in [1.165, 1.54) is 36.8 Å². The fraction of sp³-hybridized carbons (Fsp3) is 1.00. The van der Waals surface area contributed by atoms with Crippen molar-refractivity contribution in [2.45, 2.75) is 71.1 Å². The molecule has 0 aromatic rings. The number of piperazine rings is 1. The monoisotopic (exact) mass is 255 g/mol. The lowest BCUT2D eigenvalue weighted by atomic mass is 9.85. The Balaban J connectivity index is 2.25. The molecule has 2 aliphatic heterocycles. The molecule has 106 valence electrons. The summed E-state index contributed by atoms with van der Waals surface area (Å²) in [5, 5.41) is 9.53. The molecule has 0 spiro atoms. The van der Waals surface area contributed by atoms with Crippen LogP contribution in [0.2, 0.25) is 0 Å². The predicted octanol–water partition coefficient (Wildman–Crippen LogP) is 1.85. The van der Waals surface area contributed by atoms with Gasteiger partial charge < -0.3 is 9.59 Å². The molecule has 2 rings (SSSR count). The van der Waals surface area contributed by atoms with Crippen molar-refractivity contribution in [2.75, 3.05) is 26.2 Å². The molecule has 2 fully saturated rings. The van der Waals surface area contributed by atoms with E-state index >= 15 is 0 Å². The number of fused-ring (bicyclic) bond motifs is 2. The van der Waals surface area contributed by atoms with E-state index in [4.69, 9.17) is 0 Å². The van der Waals surface area contributed by atoms with E-state index in [1.54, 1.807) is 0 Å². The molecule has 2 saturated heterocycles. The number of aliphatic hydroxyl groups excluding tert-OH is 1. The van der Waals surface area contributed by atoms with E-state index in [-0.39, 0.29) is 0 Å². The van der Waals surface area contributed by atoms with E-state index < -0.39 is 0 Å². The Labute approximate surface area is 112 Å². The third-order valence-corrected chi connectivity index (χ3v) is 5.50. The topological polar surface area (TPSA) is 23.5 Å². The molecule has 3 nitrogen and oxygen atoms in total. The van der Waals surface area contributed by atoms with Crippen molar-refractivity contribution in [2.24, 2.45) is 0 Å². The van der Waals surface area contributed by atoms with Crippen LogP contribution in [0.3, 0.4) is 0 Å². The minimum Gasteiger partial charge on any atom is -0.391 e. The van der Waals surface area contributed by atoms with Gasteiger partial charge in [-0.05, 0) is 34.1 Å². The second kappa shape index (κ2) is 5.48. The van der Waals surface area contributed by atoms with Crippen molar-refractivity contribution in [1.29, 1.82) is 0 Å². The van der Waals surface area contributed by atoms with E-state index in [2.05, 4.69) is 32.6 Å². The number of aliphatic hydroxyl groups is 1. The standard InChI is InChI=1S/C15H31N2O/c1-12(2)16-10-14-6-5-7-15(11-16)17(14,8-9-18)13(3)4/h12-15,18H,5-11H2,1-4H3/q+1/t14-,15+,17?. The van der Waals surface area contributed by atoms with Crippen LogP contribution in [0.15, 0.2) is 0 Å². The van der Waals surface area contributed by atoms with Crippen LogP contribution in [0.5, 0.6) is 0 Å². The number of quaternary nitrogens is 1. The number of hydrogen-bond acceptors (Lipinski definition) is 2. The highest BCUT2D eigenvalue weighted by molar-refractivity contribution is 4.87. The van der Waals surface area contributed by atoms with E-state index in [9.17, 15) is 5.11 Å². The number of hydrogen-bond donors (Lipinski definition) is 1. The molecule has 2 heterocycles. The number of nitrogens with zero attached hydrogens (tertiary/aromatic N) is 2. The van der Waals surface area contributed by atoms with Crippen LogP contribution >= 0.6 is 0 Å². The average Bonchev–Trinajstić information content (AvgIpc) is 2.27.